The Bertz CT molecular complexity index is 646. The molecule has 24 heavy (non-hydrogen) atoms. The zero-order valence-corrected chi connectivity index (χ0v) is 15.4. The fraction of sp³-hybridized carbons (Fsp3) is 0.619. The van der Waals surface area contributed by atoms with Crippen LogP contribution in [-0.4, -0.2) is 29.2 Å². The zero-order valence-electron chi connectivity index (χ0n) is 15.4. The number of amides is 1. The van der Waals surface area contributed by atoms with Crippen molar-refractivity contribution in [3.05, 3.63) is 35.4 Å². The van der Waals surface area contributed by atoms with E-state index >= 15 is 0 Å². The highest BCUT2D eigenvalue weighted by Crippen LogP contribution is 2.52. The first-order valence-corrected chi connectivity index (χ1v) is 9.07. The van der Waals surface area contributed by atoms with Gasteiger partial charge in [-0.05, 0) is 37.0 Å². The molecule has 0 spiro atoms. The van der Waals surface area contributed by atoms with Gasteiger partial charge in [0.25, 0.3) is 0 Å². The van der Waals surface area contributed by atoms with Gasteiger partial charge in [-0.2, -0.15) is 0 Å². The minimum Gasteiger partial charge on any atom is -0.339 e. The van der Waals surface area contributed by atoms with Crippen LogP contribution in [0.15, 0.2) is 24.3 Å². The zero-order chi connectivity index (χ0) is 17.5. The van der Waals surface area contributed by atoms with E-state index in [4.69, 9.17) is 0 Å². The lowest BCUT2D eigenvalue weighted by Crippen LogP contribution is -2.37. The van der Waals surface area contributed by atoms with Crippen molar-refractivity contribution in [1.29, 1.82) is 0 Å². The van der Waals surface area contributed by atoms with Crippen molar-refractivity contribution in [2.24, 2.45) is 10.8 Å². The number of Topliss-reactive ketones (excluding diaryl/α,β-unsaturated/α-hetero) is 1. The lowest BCUT2D eigenvalue weighted by molar-refractivity contribution is -0.132. The maximum atomic E-state index is 12.7. The number of ketones is 1. The van der Waals surface area contributed by atoms with Crippen LogP contribution in [0.25, 0.3) is 0 Å². The predicted molar refractivity (Wildman–Crippen MR) is 96.0 cm³/mol. The molecule has 2 bridgehead atoms. The number of fused-ring (bicyclic) bond motifs is 2. The van der Waals surface area contributed by atoms with Crippen molar-refractivity contribution in [1.82, 2.24) is 4.90 Å². The number of hydrogen-bond acceptors (Lipinski definition) is 2. The summed E-state index contributed by atoms with van der Waals surface area (Å²) in [6, 6.07) is 7.97. The molecule has 2 unspecified atom stereocenters. The standard InChI is InChI=1S/C21H29NO2/c1-15-5-7-16(8-6-15)18(23)9-10-19(24)22-14-21(4)12-17(22)11-20(2,3)13-21/h5-8,17H,9-14H2,1-4H3. The van der Waals surface area contributed by atoms with Crippen molar-refractivity contribution in [3.8, 4) is 0 Å². The van der Waals surface area contributed by atoms with Gasteiger partial charge in [-0.3, -0.25) is 9.59 Å². The fourth-order valence-corrected chi connectivity index (χ4v) is 5.00. The number of aryl methyl sites for hydroxylation is 1. The molecular formula is C21H29NO2. The summed E-state index contributed by atoms with van der Waals surface area (Å²) >= 11 is 0. The van der Waals surface area contributed by atoms with E-state index in [2.05, 4.69) is 25.7 Å². The Balaban J connectivity index is 1.60. The molecule has 3 rings (SSSR count). The van der Waals surface area contributed by atoms with Gasteiger partial charge < -0.3 is 4.90 Å². The van der Waals surface area contributed by atoms with E-state index in [0.717, 1.165) is 24.9 Å². The Labute approximate surface area is 145 Å². The first-order valence-electron chi connectivity index (χ1n) is 9.07. The fourth-order valence-electron chi connectivity index (χ4n) is 5.00. The van der Waals surface area contributed by atoms with E-state index < -0.39 is 0 Å². The number of likely N-dealkylation sites (tertiary alicyclic amines) is 1. The molecule has 130 valence electrons. The largest absolute Gasteiger partial charge is 0.339 e. The minimum absolute atomic E-state index is 0.0667. The third-order valence-electron chi connectivity index (χ3n) is 5.67. The summed E-state index contributed by atoms with van der Waals surface area (Å²) in [7, 11) is 0. The highest BCUT2D eigenvalue weighted by Gasteiger charge is 2.50. The maximum Gasteiger partial charge on any atom is 0.223 e. The smallest absolute Gasteiger partial charge is 0.223 e. The first kappa shape index (κ1) is 17.2. The second-order valence-electron chi connectivity index (χ2n) is 9.02. The van der Waals surface area contributed by atoms with Gasteiger partial charge in [0.2, 0.25) is 5.91 Å². The molecule has 1 amide bonds. The van der Waals surface area contributed by atoms with Crippen LogP contribution in [0.1, 0.15) is 68.8 Å². The molecule has 1 aromatic carbocycles. The van der Waals surface area contributed by atoms with Gasteiger partial charge in [0.05, 0.1) is 0 Å². The average molecular weight is 327 g/mol. The van der Waals surface area contributed by atoms with Gasteiger partial charge in [0.15, 0.2) is 5.78 Å². The normalized spacial score (nSPS) is 28.0. The quantitative estimate of drug-likeness (QED) is 0.769. The van der Waals surface area contributed by atoms with Crippen molar-refractivity contribution >= 4 is 11.7 Å². The number of carbonyl (C=O) groups is 2. The minimum atomic E-state index is 0.0667. The Morgan fingerprint density at radius 3 is 2.42 bits per heavy atom. The van der Waals surface area contributed by atoms with E-state index in [1.54, 1.807) is 0 Å². The van der Waals surface area contributed by atoms with Gasteiger partial charge in [-0.25, -0.2) is 0 Å². The Hall–Kier alpha value is -1.64. The summed E-state index contributed by atoms with van der Waals surface area (Å²) in [6.07, 6.45) is 4.03. The molecule has 1 aliphatic carbocycles. The molecule has 1 aliphatic heterocycles. The molecule has 0 aromatic heterocycles. The predicted octanol–water partition coefficient (Wildman–Crippen LogP) is 4.39. The summed E-state index contributed by atoms with van der Waals surface area (Å²) in [5.74, 6) is 0.221. The second kappa shape index (κ2) is 6.02. The molecule has 3 heteroatoms. The van der Waals surface area contributed by atoms with Gasteiger partial charge in [0, 0.05) is 31.0 Å². The summed E-state index contributed by atoms with van der Waals surface area (Å²) in [6.45, 7) is 9.80. The van der Waals surface area contributed by atoms with Crippen LogP contribution in [0.2, 0.25) is 0 Å². The van der Waals surface area contributed by atoms with Crippen molar-refractivity contribution in [2.45, 2.75) is 65.8 Å². The number of benzene rings is 1. The van der Waals surface area contributed by atoms with Crippen LogP contribution in [0.5, 0.6) is 0 Å². The highest BCUT2D eigenvalue weighted by atomic mass is 16.2. The van der Waals surface area contributed by atoms with Gasteiger partial charge in [0.1, 0.15) is 0 Å². The van der Waals surface area contributed by atoms with E-state index in [0.29, 0.717) is 29.9 Å². The Morgan fingerprint density at radius 1 is 1.08 bits per heavy atom. The number of hydrogen-bond donors (Lipinski definition) is 0. The van der Waals surface area contributed by atoms with Crippen LogP contribution in [0.3, 0.4) is 0 Å². The average Bonchev–Trinajstić information content (AvgIpc) is 2.74. The molecule has 0 N–H and O–H groups in total. The van der Waals surface area contributed by atoms with Gasteiger partial charge in [-0.1, -0.05) is 50.6 Å². The number of nitrogens with zero attached hydrogens (tertiary/aromatic N) is 1. The molecule has 3 nitrogen and oxygen atoms in total. The third kappa shape index (κ3) is 3.55. The summed E-state index contributed by atoms with van der Waals surface area (Å²) < 4.78 is 0. The van der Waals surface area contributed by atoms with Crippen LogP contribution in [0.4, 0.5) is 0 Å². The molecule has 2 fully saturated rings. The monoisotopic (exact) mass is 327 g/mol. The van der Waals surface area contributed by atoms with Crippen LogP contribution in [-0.2, 0) is 4.79 Å². The van der Waals surface area contributed by atoms with Crippen LogP contribution >= 0.6 is 0 Å². The van der Waals surface area contributed by atoms with Gasteiger partial charge >= 0.3 is 0 Å². The Kier molecular flexibility index (Phi) is 4.31. The molecule has 0 radical (unpaired) electrons. The third-order valence-corrected chi connectivity index (χ3v) is 5.67. The molecule has 1 aromatic rings. The van der Waals surface area contributed by atoms with E-state index in [1.807, 2.05) is 31.2 Å². The SMILES string of the molecule is Cc1ccc(C(=O)CCC(=O)N2CC3(C)CC2CC(C)(C)C3)cc1. The molecular weight excluding hydrogens is 298 g/mol. The van der Waals surface area contributed by atoms with E-state index in [-0.39, 0.29) is 17.1 Å². The van der Waals surface area contributed by atoms with Crippen LogP contribution < -0.4 is 0 Å². The Morgan fingerprint density at radius 2 is 1.75 bits per heavy atom. The van der Waals surface area contributed by atoms with Gasteiger partial charge in [-0.15, -0.1) is 0 Å². The molecule has 1 heterocycles. The van der Waals surface area contributed by atoms with E-state index in [9.17, 15) is 9.59 Å². The number of rotatable bonds is 4. The summed E-state index contributed by atoms with van der Waals surface area (Å²) in [5, 5.41) is 0. The first-order chi connectivity index (χ1) is 11.2. The number of carbonyl (C=O) groups excluding carboxylic acids is 2. The summed E-state index contributed by atoms with van der Waals surface area (Å²) in [5.41, 5.74) is 2.41. The molecule has 1 saturated heterocycles. The topological polar surface area (TPSA) is 37.4 Å². The maximum absolute atomic E-state index is 12.7. The van der Waals surface area contributed by atoms with E-state index in [1.165, 1.54) is 6.42 Å². The van der Waals surface area contributed by atoms with Crippen molar-refractivity contribution < 1.29 is 9.59 Å². The lowest BCUT2D eigenvalue weighted by Gasteiger charge is -2.39. The molecule has 2 atom stereocenters. The highest BCUT2D eigenvalue weighted by molar-refractivity contribution is 5.98. The van der Waals surface area contributed by atoms with Crippen molar-refractivity contribution in [3.63, 3.8) is 0 Å². The van der Waals surface area contributed by atoms with Crippen LogP contribution in [0, 0.1) is 17.8 Å². The molecule has 1 saturated carbocycles. The summed E-state index contributed by atoms with van der Waals surface area (Å²) in [4.78, 5) is 27.1. The second-order valence-corrected chi connectivity index (χ2v) is 9.02. The van der Waals surface area contributed by atoms with Crippen molar-refractivity contribution in [2.75, 3.05) is 6.54 Å². The lowest BCUT2D eigenvalue weighted by atomic mass is 9.65. The molecule has 2 aliphatic rings.